The molecule has 0 radical (unpaired) electrons. The largest absolute Gasteiger partial charge is 0.394 e. The Hall–Kier alpha value is -2.22. The SMILES string of the molecule is O=C1CSC([C@@H](O)[C@H](O)[C@H](O)CO)N1c1ccc(S(=O)(=O)Nc2ccccn2)cc1. The van der Waals surface area contributed by atoms with Gasteiger partial charge >= 0.3 is 0 Å². The second kappa shape index (κ2) is 9.29. The Kier molecular flexibility index (Phi) is 6.95. The third kappa shape index (κ3) is 4.74. The van der Waals surface area contributed by atoms with Crippen molar-refractivity contribution in [2.45, 2.75) is 28.6 Å². The van der Waals surface area contributed by atoms with Crippen LogP contribution in [-0.4, -0.2) is 75.8 Å². The number of benzene rings is 1. The molecule has 162 valence electrons. The highest BCUT2D eigenvalue weighted by Gasteiger charge is 2.42. The number of amides is 1. The topological polar surface area (TPSA) is 160 Å². The number of pyridine rings is 1. The molecular formula is C18H21N3O7S2. The monoisotopic (exact) mass is 455 g/mol. The zero-order valence-electron chi connectivity index (χ0n) is 15.6. The van der Waals surface area contributed by atoms with Crippen LogP contribution >= 0.6 is 11.8 Å². The molecule has 1 aliphatic heterocycles. The Morgan fingerprint density at radius 2 is 1.87 bits per heavy atom. The molecule has 1 aromatic heterocycles. The minimum atomic E-state index is -3.90. The lowest BCUT2D eigenvalue weighted by Gasteiger charge is -2.31. The number of carbonyl (C=O) groups excluding carboxylic acids is 1. The molecule has 12 heteroatoms. The summed E-state index contributed by atoms with van der Waals surface area (Å²) in [6.45, 7) is -0.751. The van der Waals surface area contributed by atoms with Gasteiger partial charge in [-0.3, -0.25) is 14.4 Å². The molecule has 4 atom stereocenters. The van der Waals surface area contributed by atoms with Crippen LogP contribution in [0, 0.1) is 0 Å². The molecule has 5 N–H and O–H groups in total. The van der Waals surface area contributed by atoms with Crippen LogP contribution in [-0.2, 0) is 14.8 Å². The molecule has 1 saturated heterocycles. The third-order valence-electron chi connectivity index (χ3n) is 4.45. The van der Waals surface area contributed by atoms with Gasteiger partial charge in [0.05, 0.1) is 17.3 Å². The van der Waals surface area contributed by atoms with Crippen molar-refractivity contribution >= 4 is 39.2 Å². The van der Waals surface area contributed by atoms with E-state index in [0.717, 1.165) is 11.8 Å². The number of nitrogens with zero attached hydrogens (tertiary/aromatic N) is 2. The van der Waals surface area contributed by atoms with Gasteiger partial charge in [0.15, 0.2) is 0 Å². The number of nitrogens with one attached hydrogen (secondary N) is 1. The summed E-state index contributed by atoms with van der Waals surface area (Å²) >= 11 is 1.06. The Morgan fingerprint density at radius 1 is 1.17 bits per heavy atom. The summed E-state index contributed by atoms with van der Waals surface area (Å²) < 4.78 is 27.4. The van der Waals surface area contributed by atoms with E-state index in [1.165, 1.54) is 41.4 Å². The lowest BCUT2D eigenvalue weighted by Crippen LogP contribution is -2.50. The first-order chi connectivity index (χ1) is 14.2. The van der Waals surface area contributed by atoms with Crippen molar-refractivity contribution in [1.29, 1.82) is 0 Å². The average molecular weight is 456 g/mol. The summed E-state index contributed by atoms with van der Waals surface area (Å²) in [5, 5.41) is 38.0. The van der Waals surface area contributed by atoms with Crippen molar-refractivity contribution in [2.24, 2.45) is 0 Å². The van der Waals surface area contributed by atoms with Crippen molar-refractivity contribution in [3.63, 3.8) is 0 Å². The van der Waals surface area contributed by atoms with Crippen LogP contribution in [0.4, 0.5) is 11.5 Å². The summed E-state index contributed by atoms with van der Waals surface area (Å²) in [4.78, 5) is 17.4. The van der Waals surface area contributed by atoms with E-state index in [2.05, 4.69) is 9.71 Å². The molecule has 10 nitrogen and oxygen atoms in total. The van der Waals surface area contributed by atoms with Gasteiger partial charge in [-0.1, -0.05) is 6.07 Å². The predicted octanol–water partition coefficient (Wildman–Crippen LogP) is -0.637. The highest BCUT2D eigenvalue weighted by Crippen LogP contribution is 2.34. The third-order valence-corrected chi connectivity index (χ3v) is 7.07. The van der Waals surface area contributed by atoms with Crippen molar-refractivity contribution in [2.75, 3.05) is 22.0 Å². The van der Waals surface area contributed by atoms with E-state index in [0.29, 0.717) is 5.69 Å². The van der Waals surface area contributed by atoms with Gasteiger partial charge in [-0.2, -0.15) is 0 Å². The van der Waals surface area contributed by atoms with E-state index < -0.39 is 40.3 Å². The van der Waals surface area contributed by atoms with Crippen LogP contribution in [0.25, 0.3) is 0 Å². The first-order valence-electron chi connectivity index (χ1n) is 8.87. The molecule has 2 aromatic rings. The Morgan fingerprint density at radius 3 is 2.47 bits per heavy atom. The second-order valence-corrected chi connectivity index (χ2v) is 9.30. The van der Waals surface area contributed by atoms with E-state index in [1.807, 2.05) is 0 Å². The van der Waals surface area contributed by atoms with Crippen LogP contribution in [0.2, 0.25) is 0 Å². The van der Waals surface area contributed by atoms with Crippen molar-refractivity contribution in [1.82, 2.24) is 4.98 Å². The quantitative estimate of drug-likeness (QED) is 0.349. The molecule has 1 fully saturated rings. The van der Waals surface area contributed by atoms with Gasteiger partial charge < -0.3 is 20.4 Å². The Balaban J connectivity index is 1.81. The molecule has 3 rings (SSSR count). The molecule has 0 spiro atoms. The van der Waals surface area contributed by atoms with Crippen LogP contribution in [0.5, 0.6) is 0 Å². The first kappa shape index (κ1) is 22.5. The van der Waals surface area contributed by atoms with Gasteiger partial charge in [-0.05, 0) is 36.4 Å². The molecule has 0 bridgehead atoms. The molecule has 2 heterocycles. The summed E-state index contributed by atoms with van der Waals surface area (Å²) in [5.41, 5.74) is 0.316. The van der Waals surface area contributed by atoms with Gasteiger partial charge in [0.2, 0.25) is 5.91 Å². The normalized spacial score (nSPS) is 20.1. The number of carbonyl (C=O) groups is 1. The van der Waals surface area contributed by atoms with Crippen LogP contribution < -0.4 is 9.62 Å². The molecule has 30 heavy (non-hydrogen) atoms. The van der Waals surface area contributed by atoms with E-state index in [-0.39, 0.29) is 22.4 Å². The molecular weight excluding hydrogens is 434 g/mol. The number of thioether (sulfide) groups is 1. The zero-order chi connectivity index (χ0) is 21.9. The van der Waals surface area contributed by atoms with Gasteiger partial charge in [0, 0.05) is 11.9 Å². The Labute approximate surface area is 177 Å². The lowest BCUT2D eigenvalue weighted by molar-refractivity contribution is -0.117. The second-order valence-electron chi connectivity index (χ2n) is 6.51. The van der Waals surface area contributed by atoms with E-state index >= 15 is 0 Å². The highest BCUT2D eigenvalue weighted by molar-refractivity contribution is 8.01. The maximum Gasteiger partial charge on any atom is 0.263 e. The van der Waals surface area contributed by atoms with Gasteiger partial charge in [-0.15, -0.1) is 11.8 Å². The molecule has 0 aliphatic carbocycles. The fourth-order valence-corrected chi connectivity index (χ4v) is 5.10. The average Bonchev–Trinajstić information content (AvgIpc) is 3.13. The number of sulfonamides is 1. The minimum absolute atomic E-state index is 0.0327. The molecule has 1 aliphatic rings. The summed E-state index contributed by atoms with van der Waals surface area (Å²) in [5.74, 6) is -0.158. The van der Waals surface area contributed by atoms with Gasteiger partial charge in [-0.25, -0.2) is 13.4 Å². The van der Waals surface area contributed by atoms with Crippen molar-refractivity contribution < 1.29 is 33.6 Å². The molecule has 0 saturated carbocycles. The Bertz CT molecular complexity index is 973. The van der Waals surface area contributed by atoms with Gasteiger partial charge in [0.1, 0.15) is 29.5 Å². The highest BCUT2D eigenvalue weighted by atomic mass is 32.2. The van der Waals surface area contributed by atoms with Crippen LogP contribution in [0.3, 0.4) is 0 Å². The predicted molar refractivity (Wildman–Crippen MR) is 110 cm³/mol. The number of hydrogen-bond acceptors (Lipinski definition) is 9. The van der Waals surface area contributed by atoms with Crippen LogP contribution in [0.15, 0.2) is 53.6 Å². The zero-order valence-corrected chi connectivity index (χ0v) is 17.2. The molecule has 1 amide bonds. The lowest BCUT2D eigenvalue weighted by atomic mass is 10.1. The number of aliphatic hydroxyl groups excluding tert-OH is 4. The first-order valence-corrected chi connectivity index (χ1v) is 11.4. The minimum Gasteiger partial charge on any atom is -0.394 e. The maximum absolute atomic E-state index is 12.5. The fourth-order valence-electron chi connectivity index (χ4n) is 2.89. The van der Waals surface area contributed by atoms with Gasteiger partial charge in [0.25, 0.3) is 10.0 Å². The molecule has 1 unspecified atom stereocenters. The maximum atomic E-state index is 12.5. The summed E-state index contributed by atoms with van der Waals surface area (Å²) in [6, 6.07) is 10.2. The fraction of sp³-hybridized carbons (Fsp3) is 0.333. The summed E-state index contributed by atoms with van der Waals surface area (Å²) in [7, 11) is -3.90. The number of aromatic nitrogens is 1. The number of rotatable bonds is 8. The van der Waals surface area contributed by atoms with E-state index in [4.69, 9.17) is 5.11 Å². The number of aliphatic hydroxyl groups is 4. The number of hydrogen-bond donors (Lipinski definition) is 5. The number of anilines is 2. The van der Waals surface area contributed by atoms with Crippen LogP contribution in [0.1, 0.15) is 0 Å². The molecule has 1 aromatic carbocycles. The van der Waals surface area contributed by atoms with E-state index in [9.17, 15) is 28.5 Å². The standard InChI is InChI=1S/C18H21N3O7S2/c22-9-13(23)16(25)17(26)18-21(15(24)10-29-18)11-4-6-12(7-5-11)30(27,28)20-14-3-1-2-8-19-14/h1-8,13,16-18,22-23,25-26H,9-10H2,(H,19,20)/t13-,16-,17+,18?/m1/s1. The van der Waals surface area contributed by atoms with E-state index in [1.54, 1.807) is 12.1 Å². The van der Waals surface area contributed by atoms with Crippen molar-refractivity contribution in [3.05, 3.63) is 48.7 Å². The summed E-state index contributed by atoms with van der Waals surface area (Å²) in [6.07, 6.45) is -3.31. The smallest absolute Gasteiger partial charge is 0.263 e. The van der Waals surface area contributed by atoms with Crippen molar-refractivity contribution in [3.8, 4) is 0 Å².